The highest BCUT2D eigenvalue weighted by molar-refractivity contribution is 7.89. The standard InChI is InChI=1S/C16H21N3O3S2/c1-12(13-5-3-7-15(11-13)24(21,22)17-2)19-16(20)18-9-8-14-6-4-10-23-14/h3-7,10-12,17H,8-9H2,1-2H3,(H2,18,19,20)/t12-/m0/s1. The Hall–Kier alpha value is -1.90. The summed E-state index contributed by atoms with van der Waals surface area (Å²) in [6, 6.07) is 9.94. The summed E-state index contributed by atoms with van der Waals surface area (Å²) in [7, 11) is -2.13. The highest BCUT2D eigenvalue weighted by Crippen LogP contribution is 2.17. The highest BCUT2D eigenvalue weighted by Gasteiger charge is 2.15. The molecule has 130 valence electrons. The van der Waals surface area contributed by atoms with Crippen LogP contribution in [0.25, 0.3) is 0 Å². The Morgan fingerprint density at radius 1 is 1.25 bits per heavy atom. The minimum atomic E-state index is -3.50. The first-order chi connectivity index (χ1) is 11.4. The fourth-order valence-corrected chi connectivity index (χ4v) is 3.65. The second-order valence-corrected chi connectivity index (χ2v) is 8.15. The van der Waals surface area contributed by atoms with E-state index < -0.39 is 10.0 Å². The molecule has 1 aromatic heterocycles. The molecule has 24 heavy (non-hydrogen) atoms. The molecule has 8 heteroatoms. The van der Waals surface area contributed by atoms with Crippen LogP contribution in [0.4, 0.5) is 4.79 Å². The molecule has 1 atom stereocenters. The van der Waals surface area contributed by atoms with E-state index in [9.17, 15) is 13.2 Å². The number of benzene rings is 1. The van der Waals surface area contributed by atoms with Gasteiger partial charge in [-0.1, -0.05) is 18.2 Å². The molecule has 6 nitrogen and oxygen atoms in total. The van der Waals surface area contributed by atoms with E-state index in [4.69, 9.17) is 0 Å². The quantitative estimate of drug-likeness (QED) is 0.701. The predicted molar refractivity (Wildman–Crippen MR) is 95.7 cm³/mol. The number of urea groups is 1. The molecule has 1 aromatic carbocycles. The van der Waals surface area contributed by atoms with Crippen LogP contribution in [-0.2, 0) is 16.4 Å². The van der Waals surface area contributed by atoms with Gasteiger partial charge in [0.2, 0.25) is 10.0 Å². The Balaban J connectivity index is 1.90. The first kappa shape index (κ1) is 18.4. The van der Waals surface area contributed by atoms with Crippen molar-refractivity contribution >= 4 is 27.4 Å². The van der Waals surface area contributed by atoms with Crippen LogP contribution in [-0.4, -0.2) is 28.0 Å². The molecule has 0 aliphatic carbocycles. The molecular weight excluding hydrogens is 346 g/mol. The Kier molecular flexibility index (Phi) is 6.36. The average Bonchev–Trinajstić information content (AvgIpc) is 3.08. The van der Waals surface area contributed by atoms with Gasteiger partial charge < -0.3 is 10.6 Å². The van der Waals surface area contributed by atoms with Gasteiger partial charge in [0.25, 0.3) is 0 Å². The van der Waals surface area contributed by atoms with Gasteiger partial charge in [-0.05, 0) is 49.5 Å². The molecule has 3 N–H and O–H groups in total. The molecule has 0 bridgehead atoms. The lowest BCUT2D eigenvalue weighted by Crippen LogP contribution is -2.38. The van der Waals surface area contributed by atoms with Crippen LogP contribution < -0.4 is 15.4 Å². The lowest BCUT2D eigenvalue weighted by molar-refractivity contribution is 0.238. The normalized spacial score (nSPS) is 12.6. The van der Waals surface area contributed by atoms with Crippen LogP contribution >= 0.6 is 11.3 Å². The Bertz CT molecular complexity index is 774. The first-order valence-electron chi connectivity index (χ1n) is 7.52. The van der Waals surface area contributed by atoms with Gasteiger partial charge in [-0.2, -0.15) is 0 Å². The number of sulfonamides is 1. The highest BCUT2D eigenvalue weighted by atomic mass is 32.2. The monoisotopic (exact) mass is 367 g/mol. The van der Waals surface area contributed by atoms with Gasteiger partial charge in [-0.3, -0.25) is 0 Å². The van der Waals surface area contributed by atoms with Crippen molar-refractivity contribution < 1.29 is 13.2 Å². The van der Waals surface area contributed by atoms with E-state index >= 15 is 0 Å². The molecule has 2 rings (SSSR count). The molecule has 2 aromatic rings. The van der Waals surface area contributed by atoms with E-state index in [1.807, 2.05) is 24.4 Å². The van der Waals surface area contributed by atoms with Crippen molar-refractivity contribution in [3.8, 4) is 0 Å². The molecule has 0 radical (unpaired) electrons. The van der Waals surface area contributed by atoms with Crippen molar-refractivity contribution in [2.45, 2.75) is 24.3 Å². The summed E-state index contributed by atoms with van der Waals surface area (Å²) in [6.07, 6.45) is 0.787. The van der Waals surface area contributed by atoms with E-state index in [0.717, 1.165) is 12.0 Å². The zero-order valence-electron chi connectivity index (χ0n) is 13.6. The predicted octanol–water partition coefficient (Wildman–Crippen LogP) is 2.26. The van der Waals surface area contributed by atoms with E-state index in [2.05, 4.69) is 15.4 Å². The largest absolute Gasteiger partial charge is 0.338 e. The van der Waals surface area contributed by atoms with Crippen LogP contribution in [0.3, 0.4) is 0 Å². The van der Waals surface area contributed by atoms with Gasteiger partial charge in [-0.25, -0.2) is 17.9 Å². The molecular formula is C16H21N3O3S2. The van der Waals surface area contributed by atoms with Crippen LogP contribution in [0.5, 0.6) is 0 Å². The summed E-state index contributed by atoms with van der Waals surface area (Å²) >= 11 is 1.66. The number of hydrogen-bond donors (Lipinski definition) is 3. The second kappa shape index (κ2) is 8.27. The smallest absolute Gasteiger partial charge is 0.315 e. The Morgan fingerprint density at radius 3 is 2.71 bits per heavy atom. The minimum Gasteiger partial charge on any atom is -0.338 e. The number of thiophene rings is 1. The second-order valence-electron chi connectivity index (χ2n) is 5.23. The van der Waals surface area contributed by atoms with Crippen molar-refractivity contribution in [2.24, 2.45) is 0 Å². The maximum Gasteiger partial charge on any atom is 0.315 e. The summed E-state index contributed by atoms with van der Waals surface area (Å²) in [5.41, 5.74) is 0.722. The van der Waals surface area contributed by atoms with E-state index in [1.54, 1.807) is 29.5 Å². The fourth-order valence-electron chi connectivity index (χ4n) is 2.15. The van der Waals surface area contributed by atoms with Gasteiger partial charge >= 0.3 is 6.03 Å². The van der Waals surface area contributed by atoms with E-state index in [-0.39, 0.29) is 17.0 Å². The third-order valence-electron chi connectivity index (χ3n) is 3.52. The average molecular weight is 367 g/mol. The lowest BCUT2D eigenvalue weighted by Gasteiger charge is -2.16. The number of carbonyl (C=O) groups excluding carboxylic acids is 1. The summed E-state index contributed by atoms with van der Waals surface area (Å²) in [5, 5.41) is 7.62. The molecule has 0 saturated heterocycles. The molecule has 1 heterocycles. The lowest BCUT2D eigenvalue weighted by atomic mass is 10.1. The van der Waals surface area contributed by atoms with Crippen molar-refractivity contribution in [3.05, 3.63) is 52.2 Å². The number of nitrogens with one attached hydrogen (secondary N) is 3. The first-order valence-corrected chi connectivity index (χ1v) is 9.89. The number of hydrogen-bond acceptors (Lipinski definition) is 4. The van der Waals surface area contributed by atoms with Crippen LogP contribution in [0, 0.1) is 0 Å². The SMILES string of the molecule is CNS(=O)(=O)c1cccc([C@H](C)NC(=O)NCCc2cccs2)c1. The third kappa shape index (κ3) is 5.05. The van der Waals surface area contributed by atoms with Crippen LogP contribution in [0.2, 0.25) is 0 Å². The van der Waals surface area contributed by atoms with Gasteiger partial charge in [0.1, 0.15) is 0 Å². The van der Waals surface area contributed by atoms with Crippen LogP contribution in [0.15, 0.2) is 46.7 Å². The summed E-state index contributed by atoms with van der Waals surface area (Å²) in [4.78, 5) is 13.3. The summed E-state index contributed by atoms with van der Waals surface area (Å²) in [5.74, 6) is 0. The summed E-state index contributed by atoms with van der Waals surface area (Å²) < 4.78 is 26.0. The van der Waals surface area contributed by atoms with Crippen molar-refractivity contribution in [2.75, 3.05) is 13.6 Å². The molecule has 0 aliphatic rings. The molecule has 0 unspecified atom stereocenters. The zero-order chi connectivity index (χ0) is 17.6. The third-order valence-corrected chi connectivity index (χ3v) is 5.87. The minimum absolute atomic E-state index is 0.175. The number of rotatable bonds is 7. The number of amides is 2. The van der Waals surface area contributed by atoms with Crippen molar-refractivity contribution in [1.82, 2.24) is 15.4 Å². The van der Waals surface area contributed by atoms with Crippen LogP contribution in [0.1, 0.15) is 23.4 Å². The summed E-state index contributed by atoms with van der Waals surface area (Å²) in [6.45, 7) is 2.36. The Labute approximate surface area is 146 Å². The maximum atomic E-state index is 11.9. The van der Waals surface area contributed by atoms with Gasteiger partial charge in [0.15, 0.2) is 0 Å². The zero-order valence-corrected chi connectivity index (χ0v) is 15.2. The molecule has 0 fully saturated rings. The van der Waals surface area contributed by atoms with Gasteiger partial charge in [0, 0.05) is 11.4 Å². The van der Waals surface area contributed by atoms with Crippen molar-refractivity contribution in [1.29, 1.82) is 0 Å². The fraction of sp³-hybridized carbons (Fsp3) is 0.312. The topological polar surface area (TPSA) is 87.3 Å². The molecule has 0 saturated carbocycles. The van der Waals surface area contributed by atoms with Crippen molar-refractivity contribution in [3.63, 3.8) is 0 Å². The molecule has 2 amide bonds. The maximum absolute atomic E-state index is 11.9. The van der Waals surface area contributed by atoms with E-state index in [1.165, 1.54) is 18.0 Å². The van der Waals surface area contributed by atoms with Gasteiger partial charge in [0.05, 0.1) is 10.9 Å². The van der Waals surface area contributed by atoms with Gasteiger partial charge in [-0.15, -0.1) is 11.3 Å². The molecule has 0 spiro atoms. The molecule has 0 aliphatic heterocycles. The van der Waals surface area contributed by atoms with E-state index in [0.29, 0.717) is 6.54 Å². The number of carbonyl (C=O) groups is 1. The Morgan fingerprint density at radius 2 is 2.04 bits per heavy atom.